The number of benzene rings is 2. The zero-order chi connectivity index (χ0) is 16.1. The van der Waals surface area contributed by atoms with E-state index in [2.05, 4.69) is 29.2 Å². The number of amidine groups is 1. The van der Waals surface area contributed by atoms with E-state index < -0.39 is 0 Å². The molecule has 0 bridgehead atoms. The van der Waals surface area contributed by atoms with Crippen LogP contribution in [-0.4, -0.2) is 37.2 Å². The molecule has 1 fully saturated rings. The number of rotatable bonds is 2. The molecule has 2 atom stereocenters. The third-order valence-electron chi connectivity index (χ3n) is 5.13. The number of hydrogen-bond acceptors (Lipinski definition) is 5. The minimum Gasteiger partial charge on any atom is -0.497 e. The molecule has 0 radical (unpaired) electrons. The average molecular weight is 321 g/mol. The Morgan fingerprint density at radius 3 is 2.79 bits per heavy atom. The monoisotopic (exact) mass is 321 g/mol. The van der Waals surface area contributed by atoms with E-state index in [1.807, 2.05) is 29.3 Å². The number of hydrazone groups is 1. The summed E-state index contributed by atoms with van der Waals surface area (Å²) in [6, 6.07) is 17.0. The minimum absolute atomic E-state index is 0.233. The Morgan fingerprint density at radius 2 is 1.96 bits per heavy atom. The van der Waals surface area contributed by atoms with Crippen LogP contribution < -0.4 is 9.75 Å². The molecule has 5 rings (SSSR count). The van der Waals surface area contributed by atoms with Crippen LogP contribution in [0.4, 0.5) is 5.69 Å². The van der Waals surface area contributed by atoms with Crippen molar-refractivity contribution in [2.75, 3.05) is 25.4 Å². The van der Waals surface area contributed by atoms with Gasteiger partial charge in [-0.25, -0.2) is 5.01 Å². The van der Waals surface area contributed by atoms with Crippen LogP contribution in [0.15, 0.2) is 53.6 Å². The lowest BCUT2D eigenvalue weighted by Gasteiger charge is -2.36. The summed E-state index contributed by atoms with van der Waals surface area (Å²) >= 11 is 0. The van der Waals surface area contributed by atoms with Crippen molar-refractivity contribution in [2.45, 2.75) is 18.6 Å². The van der Waals surface area contributed by atoms with Crippen LogP contribution in [0.25, 0.3) is 0 Å². The van der Waals surface area contributed by atoms with Gasteiger partial charge in [0.25, 0.3) is 0 Å². The number of morpholine rings is 1. The van der Waals surface area contributed by atoms with Gasteiger partial charge in [0.2, 0.25) is 0 Å². The summed E-state index contributed by atoms with van der Waals surface area (Å²) in [6.07, 6.45) is 1.23. The van der Waals surface area contributed by atoms with Gasteiger partial charge in [0.15, 0.2) is 5.84 Å². The second-order valence-electron chi connectivity index (χ2n) is 6.42. The molecular formula is C19H19N3O2. The maximum Gasteiger partial charge on any atom is 0.153 e. The molecule has 5 nitrogen and oxygen atoms in total. The zero-order valence-electron chi connectivity index (χ0n) is 13.6. The van der Waals surface area contributed by atoms with Crippen molar-refractivity contribution in [1.82, 2.24) is 4.90 Å². The van der Waals surface area contributed by atoms with Crippen LogP contribution in [0.3, 0.4) is 0 Å². The van der Waals surface area contributed by atoms with E-state index in [9.17, 15) is 0 Å². The van der Waals surface area contributed by atoms with E-state index in [1.165, 1.54) is 11.1 Å². The maximum absolute atomic E-state index is 6.10. The second-order valence-corrected chi connectivity index (χ2v) is 6.42. The second kappa shape index (κ2) is 5.24. The van der Waals surface area contributed by atoms with E-state index in [0.717, 1.165) is 30.4 Å². The lowest BCUT2D eigenvalue weighted by molar-refractivity contribution is 0.00539. The van der Waals surface area contributed by atoms with Crippen molar-refractivity contribution < 1.29 is 9.47 Å². The lowest BCUT2D eigenvalue weighted by atomic mass is 10.1. The van der Waals surface area contributed by atoms with Crippen molar-refractivity contribution in [3.05, 3.63) is 59.7 Å². The normalized spacial score (nSPS) is 24.3. The van der Waals surface area contributed by atoms with Crippen molar-refractivity contribution >= 4 is 11.5 Å². The maximum atomic E-state index is 6.10. The highest BCUT2D eigenvalue weighted by Gasteiger charge is 2.44. The summed E-state index contributed by atoms with van der Waals surface area (Å²) in [4.78, 5) is 2.39. The van der Waals surface area contributed by atoms with Crippen molar-refractivity contribution in [1.29, 1.82) is 0 Å². The van der Waals surface area contributed by atoms with Gasteiger partial charge in [-0.2, -0.15) is 5.10 Å². The van der Waals surface area contributed by atoms with E-state index in [1.54, 1.807) is 7.11 Å². The van der Waals surface area contributed by atoms with E-state index in [0.29, 0.717) is 6.61 Å². The molecule has 5 heteroatoms. The third-order valence-corrected chi connectivity index (χ3v) is 5.13. The number of ether oxygens (including phenoxy) is 2. The molecule has 0 amide bonds. The molecule has 3 aliphatic rings. The number of anilines is 1. The van der Waals surface area contributed by atoms with Gasteiger partial charge in [0.1, 0.15) is 19.0 Å². The predicted octanol–water partition coefficient (Wildman–Crippen LogP) is 2.78. The van der Waals surface area contributed by atoms with Crippen LogP contribution >= 0.6 is 0 Å². The Balaban J connectivity index is 1.45. The largest absolute Gasteiger partial charge is 0.497 e. The van der Waals surface area contributed by atoms with E-state index >= 15 is 0 Å². The molecule has 0 aromatic heterocycles. The van der Waals surface area contributed by atoms with Gasteiger partial charge in [-0.15, -0.1) is 0 Å². The Morgan fingerprint density at radius 1 is 1.12 bits per heavy atom. The summed E-state index contributed by atoms with van der Waals surface area (Å²) in [5.74, 6) is 1.88. The van der Waals surface area contributed by atoms with Gasteiger partial charge < -0.3 is 14.4 Å². The summed E-state index contributed by atoms with van der Waals surface area (Å²) in [7, 11) is 1.68. The Hall–Kier alpha value is -2.53. The van der Waals surface area contributed by atoms with Crippen LogP contribution in [-0.2, 0) is 11.2 Å². The van der Waals surface area contributed by atoms with Crippen LogP contribution in [0.5, 0.6) is 5.75 Å². The van der Waals surface area contributed by atoms with Crippen molar-refractivity contribution in [3.8, 4) is 5.75 Å². The van der Waals surface area contributed by atoms with Gasteiger partial charge in [0, 0.05) is 6.42 Å². The van der Waals surface area contributed by atoms with Crippen molar-refractivity contribution in [2.24, 2.45) is 5.10 Å². The number of hydrogen-bond donors (Lipinski definition) is 0. The minimum atomic E-state index is 0.233. The fraction of sp³-hybridized carbons (Fsp3) is 0.316. The number of fused-ring (bicyclic) bond motifs is 5. The summed E-state index contributed by atoms with van der Waals surface area (Å²) in [5.41, 5.74) is 3.85. The van der Waals surface area contributed by atoms with Crippen LogP contribution in [0, 0.1) is 0 Å². The van der Waals surface area contributed by atoms with Crippen molar-refractivity contribution in [3.63, 3.8) is 0 Å². The molecule has 2 heterocycles. The number of nitrogens with zero attached hydrogens (tertiary/aromatic N) is 3. The summed E-state index contributed by atoms with van der Waals surface area (Å²) in [6.45, 7) is 1.35. The molecule has 2 aromatic rings. The molecule has 0 N–H and O–H groups in total. The highest BCUT2D eigenvalue weighted by Crippen LogP contribution is 2.42. The summed E-state index contributed by atoms with van der Waals surface area (Å²) < 4.78 is 11.3. The SMILES string of the molecule is COc1ccc(N2CN3C(=N2)CO[C@H]2Cc4ccccc4[C@H]23)cc1. The van der Waals surface area contributed by atoms with E-state index in [4.69, 9.17) is 14.6 Å². The third kappa shape index (κ3) is 2.01. The molecule has 122 valence electrons. The number of methoxy groups -OCH3 is 1. The first-order valence-electron chi connectivity index (χ1n) is 8.28. The molecule has 2 aromatic carbocycles. The smallest absolute Gasteiger partial charge is 0.153 e. The zero-order valence-corrected chi connectivity index (χ0v) is 13.6. The highest BCUT2D eigenvalue weighted by atomic mass is 16.5. The highest BCUT2D eigenvalue weighted by molar-refractivity contribution is 5.88. The van der Waals surface area contributed by atoms with Crippen LogP contribution in [0.1, 0.15) is 17.2 Å². The fourth-order valence-corrected chi connectivity index (χ4v) is 3.95. The average Bonchev–Trinajstić information content (AvgIpc) is 3.22. The molecule has 1 saturated heterocycles. The molecule has 24 heavy (non-hydrogen) atoms. The van der Waals surface area contributed by atoms with Crippen LogP contribution in [0.2, 0.25) is 0 Å². The van der Waals surface area contributed by atoms with Gasteiger partial charge >= 0.3 is 0 Å². The summed E-state index contributed by atoms with van der Waals surface area (Å²) in [5, 5.41) is 6.82. The van der Waals surface area contributed by atoms with Gasteiger partial charge in [-0.05, 0) is 35.4 Å². The standard InChI is InChI=1S/C19H19N3O2/c1-23-15-8-6-14(7-9-15)22-12-21-18(20-22)11-24-17-10-13-4-2-3-5-16(13)19(17)21/h2-9,17,19H,10-12H2,1H3/t17-,19+/m0/s1. The lowest BCUT2D eigenvalue weighted by Crippen LogP contribution is -2.46. The Kier molecular flexibility index (Phi) is 3.03. The fourth-order valence-electron chi connectivity index (χ4n) is 3.95. The Labute approximate surface area is 141 Å². The topological polar surface area (TPSA) is 37.3 Å². The Bertz CT molecular complexity index is 803. The quantitative estimate of drug-likeness (QED) is 0.852. The molecule has 2 aliphatic heterocycles. The first kappa shape index (κ1) is 13.9. The molecular weight excluding hydrogens is 302 g/mol. The molecule has 0 saturated carbocycles. The molecule has 0 unspecified atom stereocenters. The predicted molar refractivity (Wildman–Crippen MR) is 92.2 cm³/mol. The molecule has 0 spiro atoms. The first-order valence-corrected chi connectivity index (χ1v) is 8.28. The van der Waals surface area contributed by atoms with Gasteiger partial charge in [0.05, 0.1) is 24.9 Å². The first-order chi connectivity index (χ1) is 11.8. The van der Waals surface area contributed by atoms with E-state index in [-0.39, 0.29) is 12.1 Å². The van der Waals surface area contributed by atoms with Gasteiger partial charge in [-0.3, -0.25) is 0 Å². The van der Waals surface area contributed by atoms with Gasteiger partial charge in [-0.1, -0.05) is 24.3 Å². The molecule has 1 aliphatic carbocycles.